The molecule has 2 aliphatic rings. The summed E-state index contributed by atoms with van der Waals surface area (Å²) in [5, 5.41) is 12.3. The second-order valence-corrected chi connectivity index (χ2v) is 8.64. The third-order valence-corrected chi connectivity index (χ3v) is 5.63. The first kappa shape index (κ1) is 23.1. The first-order valence-corrected chi connectivity index (χ1v) is 10.7. The van der Waals surface area contributed by atoms with Crippen LogP contribution in [0.2, 0.25) is 0 Å². The third-order valence-electron chi connectivity index (χ3n) is 5.63. The van der Waals surface area contributed by atoms with Gasteiger partial charge in [0.05, 0.1) is 18.5 Å². The van der Waals surface area contributed by atoms with Crippen molar-refractivity contribution in [2.24, 2.45) is 0 Å². The lowest BCUT2D eigenvalue weighted by Gasteiger charge is -2.17. The van der Waals surface area contributed by atoms with Gasteiger partial charge in [-0.05, 0) is 25.8 Å². The number of aromatic amines is 1. The van der Waals surface area contributed by atoms with Gasteiger partial charge in [-0.2, -0.15) is 23.3 Å². The van der Waals surface area contributed by atoms with E-state index in [1.54, 1.807) is 0 Å². The summed E-state index contributed by atoms with van der Waals surface area (Å²) in [5.74, 6) is 0.197. The zero-order valence-electron chi connectivity index (χ0n) is 18.3. The molecule has 1 aliphatic carbocycles. The molecular weight excluding hydrogens is 478 g/mol. The van der Waals surface area contributed by atoms with E-state index in [0.29, 0.717) is 5.69 Å². The lowest BCUT2D eigenvalue weighted by atomic mass is 10.1. The van der Waals surface area contributed by atoms with Crippen molar-refractivity contribution in [3.63, 3.8) is 0 Å². The topological polar surface area (TPSA) is 128 Å². The van der Waals surface area contributed by atoms with Crippen LogP contribution in [0.15, 0.2) is 24.5 Å². The van der Waals surface area contributed by atoms with Crippen LogP contribution in [0, 0.1) is 0 Å². The molecule has 5 rings (SSSR count). The minimum Gasteiger partial charge on any atom is -0.467 e. The first-order chi connectivity index (χ1) is 16.6. The number of rotatable bonds is 7. The van der Waals surface area contributed by atoms with E-state index in [0.717, 1.165) is 12.8 Å². The van der Waals surface area contributed by atoms with Crippen molar-refractivity contribution in [1.82, 2.24) is 29.9 Å². The molecule has 1 amide bonds. The summed E-state index contributed by atoms with van der Waals surface area (Å²) in [6, 6.07) is 2.98. The number of nitrogens with zero attached hydrogens (tertiary/aromatic N) is 4. The molecule has 0 unspecified atom stereocenters. The highest BCUT2D eigenvalue weighted by Gasteiger charge is 2.44. The second kappa shape index (κ2) is 8.55. The van der Waals surface area contributed by atoms with Crippen molar-refractivity contribution in [1.29, 1.82) is 0 Å². The van der Waals surface area contributed by atoms with Crippen LogP contribution >= 0.6 is 0 Å². The van der Waals surface area contributed by atoms with Gasteiger partial charge < -0.3 is 24.8 Å². The van der Waals surface area contributed by atoms with E-state index in [1.807, 2.05) is 6.92 Å². The largest absolute Gasteiger partial charge is 0.467 e. The highest BCUT2D eigenvalue weighted by molar-refractivity contribution is 5.69. The second-order valence-electron chi connectivity index (χ2n) is 8.64. The van der Waals surface area contributed by atoms with E-state index in [1.165, 1.54) is 28.9 Å². The summed E-state index contributed by atoms with van der Waals surface area (Å²) in [4.78, 5) is 20.1. The van der Waals surface area contributed by atoms with Crippen LogP contribution < -0.4 is 15.4 Å². The van der Waals surface area contributed by atoms with Crippen molar-refractivity contribution in [2.75, 3.05) is 18.5 Å². The Balaban J connectivity index is 1.24. The number of carbonyl (C=O) groups is 1. The molecule has 15 heteroatoms. The molecule has 1 aliphatic heterocycles. The Morgan fingerprint density at radius 2 is 2.20 bits per heavy atom. The number of halogens is 4. The molecule has 1 saturated heterocycles. The zero-order valence-corrected chi connectivity index (χ0v) is 18.3. The number of ether oxygens (including phenoxy) is 3. The summed E-state index contributed by atoms with van der Waals surface area (Å²) in [6.07, 6.45) is -4.58. The van der Waals surface area contributed by atoms with E-state index >= 15 is 0 Å². The maximum atomic E-state index is 14.9. The lowest BCUT2D eigenvalue weighted by Crippen LogP contribution is -2.39. The number of alkyl halides is 4. The van der Waals surface area contributed by atoms with Crippen LogP contribution in [0.1, 0.15) is 31.6 Å². The molecule has 4 heterocycles. The molecule has 1 saturated carbocycles. The number of imidazole rings is 1. The van der Waals surface area contributed by atoms with Gasteiger partial charge >= 0.3 is 12.3 Å². The molecule has 3 aromatic heterocycles. The van der Waals surface area contributed by atoms with E-state index in [9.17, 15) is 22.4 Å². The van der Waals surface area contributed by atoms with Gasteiger partial charge in [0, 0.05) is 17.8 Å². The van der Waals surface area contributed by atoms with Gasteiger partial charge in [-0.25, -0.2) is 14.2 Å². The van der Waals surface area contributed by atoms with Crippen molar-refractivity contribution >= 4 is 23.5 Å². The van der Waals surface area contributed by atoms with Gasteiger partial charge in [0.25, 0.3) is 0 Å². The maximum Gasteiger partial charge on any atom is 0.422 e. The quantitative estimate of drug-likeness (QED) is 0.423. The average molecular weight is 499 g/mol. The molecule has 11 nitrogen and oxygen atoms in total. The molecule has 3 aromatic rings. The van der Waals surface area contributed by atoms with Gasteiger partial charge in [0.2, 0.25) is 11.8 Å². The van der Waals surface area contributed by atoms with Crippen LogP contribution in [0.25, 0.3) is 5.65 Å². The highest BCUT2D eigenvalue weighted by Crippen LogP contribution is 2.36. The Bertz CT molecular complexity index is 1230. The summed E-state index contributed by atoms with van der Waals surface area (Å²) < 4.78 is 68.9. The van der Waals surface area contributed by atoms with E-state index < -0.39 is 37.3 Å². The average Bonchev–Trinajstić information content (AvgIpc) is 3.14. The Morgan fingerprint density at radius 3 is 2.94 bits per heavy atom. The number of amides is 1. The SMILES string of the molecule is CC1(NC(=O)O[C@H]2CO[C@@H](c3cc(Nc4nccc5nc(OCC(F)(F)F)cn45)n[nH]3)[C@H]2F)CC1. The van der Waals surface area contributed by atoms with Crippen LogP contribution in [0.4, 0.5) is 34.1 Å². The van der Waals surface area contributed by atoms with E-state index in [-0.39, 0.29) is 35.4 Å². The van der Waals surface area contributed by atoms with Crippen LogP contribution in [-0.4, -0.2) is 67.9 Å². The predicted molar refractivity (Wildman–Crippen MR) is 111 cm³/mol. The minimum absolute atomic E-state index is 0.117. The van der Waals surface area contributed by atoms with Crippen molar-refractivity contribution in [3.05, 3.63) is 30.2 Å². The fraction of sp³-hybridized carbons (Fsp3) is 0.500. The number of carbonyl (C=O) groups excluding carboxylic acids is 1. The number of hydrogen-bond acceptors (Lipinski definition) is 8. The monoisotopic (exact) mass is 499 g/mol. The number of anilines is 2. The summed E-state index contributed by atoms with van der Waals surface area (Å²) in [7, 11) is 0. The van der Waals surface area contributed by atoms with E-state index in [4.69, 9.17) is 9.47 Å². The fourth-order valence-electron chi connectivity index (χ4n) is 3.54. The Labute approximate surface area is 195 Å². The zero-order chi connectivity index (χ0) is 24.8. The smallest absolute Gasteiger partial charge is 0.422 e. The van der Waals surface area contributed by atoms with Crippen LogP contribution in [-0.2, 0) is 9.47 Å². The first-order valence-electron chi connectivity index (χ1n) is 10.7. The van der Waals surface area contributed by atoms with Gasteiger partial charge in [-0.15, -0.1) is 0 Å². The number of alkyl carbamates (subject to hydrolysis) is 1. The normalized spacial score (nSPS) is 23.3. The number of fused-ring (bicyclic) bond motifs is 1. The van der Waals surface area contributed by atoms with Gasteiger partial charge in [0.15, 0.2) is 24.7 Å². The molecule has 188 valence electrons. The number of hydrogen-bond donors (Lipinski definition) is 3. The number of H-pyrrole nitrogens is 1. The number of aromatic nitrogens is 5. The highest BCUT2D eigenvalue weighted by atomic mass is 19.4. The van der Waals surface area contributed by atoms with Crippen molar-refractivity contribution < 1.29 is 36.6 Å². The van der Waals surface area contributed by atoms with Crippen LogP contribution in [0.5, 0.6) is 5.88 Å². The summed E-state index contributed by atoms with van der Waals surface area (Å²) in [5.41, 5.74) is 0.299. The molecule has 3 atom stereocenters. The molecule has 0 spiro atoms. The van der Waals surface area contributed by atoms with Crippen molar-refractivity contribution in [2.45, 2.75) is 49.9 Å². The molecule has 0 aromatic carbocycles. The molecule has 0 bridgehead atoms. The lowest BCUT2D eigenvalue weighted by molar-refractivity contribution is -0.154. The van der Waals surface area contributed by atoms with Gasteiger partial charge in [0.1, 0.15) is 11.8 Å². The van der Waals surface area contributed by atoms with Crippen molar-refractivity contribution in [3.8, 4) is 5.88 Å². The molecular formula is C20H21F4N7O4. The Hall–Kier alpha value is -3.62. The van der Waals surface area contributed by atoms with Gasteiger partial charge in [-0.1, -0.05) is 0 Å². The standard InChI is InChI=1S/C20H21F4N7O4/c1-19(3-4-19)28-18(32)35-11-8-33-16(15(11)21)10-6-12(30-29-10)26-17-25-5-2-13-27-14(7-31(13)17)34-9-20(22,23)24/h2,5-7,11,15-16H,3-4,8-9H2,1H3,(H,28,32)(H2,25,26,29,30)/t11-,15-,16-/m0/s1. The van der Waals surface area contributed by atoms with Crippen LogP contribution in [0.3, 0.4) is 0 Å². The Kier molecular flexibility index (Phi) is 5.65. The predicted octanol–water partition coefficient (Wildman–Crippen LogP) is 3.19. The molecule has 2 fully saturated rings. The molecule has 0 radical (unpaired) electrons. The number of nitrogens with one attached hydrogen (secondary N) is 3. The Morgan fingerprint density at radius 1 is 1.40 bits per heavy atom. The third kappa shape index (κ3) is 5.23. The summed E-state index contributed by atoms with van der Waals surface area (Å²) >= 11 is 0. The maximum absolute atomic E-state index is 14.9. The molecule has 35 heavy (non-hydrogen) atoms. The van der Waals surface area contributed by atoms with Gasteiger partial charge in [-0.3, -0.25) is 9.50 Å². The molecule has 3 N–H and O–H groups in total. The minimum atomic E-state index is -4.50. The fourth-order valence-corrected chi connectivity index (χ4v) is 3.54. The summed E-state index contributed by atoms with van der Waals surface area (Å²) in [6.45, 7) is 0.283. The van der Waals surface area contributed by atoms with E-state index in [2.05, 4.69) is 35.5 Å².